The van der Waals surface area contributed by atoms with Gasteiger partial charge in [-0.05, 0) is 18.6 Å². The van der Waals surface area contributed by atoms with E-state index in [-0.39, 0.29) is 0 Å². The summed E-state index contributed by atoms with van der Waals surface area (Å²) in [5.41, 5.74) is 3.77. The first-order chi connectivity index (χ1) is 9.38. The van der Waals surface area contributed by atoms with Crippen LogP contribution in [0.2, 0.25) is 0 Å². The number of rotatable bonds is 6. The van der Waals surface area contributed by atoms with Crippen molar-refractivity contribution >= 4 is 12.4 Å². The third-order valence-corrected chi connectivity index (χ3v) is 2.84. The highest BCUT2D eigenvalue weighted by Gasteiger charge is 2.01. The molecule has 0 spiro atoms. The lowest BCUT2D eigenvalue weighted by atomic mass is 10.1. The van der Waals surface area contributed by atoms with Crippen LogP contribution in [0, 0.1) is 0 Å². The maximum Gasteiger partial charge on any atom is 0.162 e. The minimum absolute atomic E-state index is 0.754. The Balaban J connectivity index is 0.000000192. The minimum Gasteiger partial charge on any atom is -0.382 e. The van der Waals surface area contributed by atoms with Crippen LogP contribution in [0.25, 0.3) is 6.08 Å². The molecule has 2 rings (SSSR count). The fourth-order valence-corrected chi connectivity index (χ4v) is 1.76. The molecular weight excluding hydrogens is 238 g/mol. The Morgan fingerprint density at radius 1 is 1.16 bits per heavy atom. The molecule has 0 saturated heterocycles. The van der Waals surface area contributed by atoms with Crippen molar-refractivity contribution in [2.75, 3.05) is 0 Å². The molecule has 1 aliphatic rings. The summed E-state index contributed by atoms with van der Waals surface area (Å²) in [5.74, 6) is 0.880. The Labute approximate surface area is 115 Å². The van der Waals surface area contributed by atoms with Gasteiger partial charge in [0.25, 0.3) is 0 Å². The molecule has 104 valence electrons. The summed E-state index contributed by atoms with van der Waals surface area (Å²) in [5, 5.41) is 0. The first kappa shape index (κ1) is 15.3. The van der Waals surface area contributed by atoms with E-state index in [0.717, 1.165) is 30.4 Å². The lowest BCUT2D eigenvalue weighted by Gasteiger charge is -2.11. The summed E-state index contributed by atoms with van der Waals surface area (Å²) in [6.45, 7) is 2.19. The molecule has 1 aromatic rings. The van der Waals surface area contributed by atoms with E-state index in [1.165, 1.54) is 25.7 Å². The molecule has 0 unspecified atom stereocenters. The number of nitrogens with one attached hydrogen (secondary N) is 1. The third-order valence-electron chi connectivity index (χ3n) is 2.84. The summed E-state index contributed by atoms with van der Waals surface area (Å²) < 4.78 is 0. The van der Waals surface area contributed by atoms with Crippen LogP contribution in [0.15, 0.2) is 30.5 Å². The Kier molecular flexibility index (Phi) is 8.19. The second kappa shape index (κ2) is 10.2. The average molecular weight is 261 g/mol. The predicted molar refractivity (Wildman–Crippen MR) is 78.7 cm³/mol. The number of aldehydes is 1. The Morgan fingerprint density at radius 3 is 2.68 bits per heavy atom. The van der Waals surface area contributed by atoms with E-state index in [0.29, 0.717) is 0 Å². The fourth-order valence-electron chi connectivity index (χ4n) is 1.76. The van der Waals surface area contributed by atoms with Gasteiger partial charge in [0.1, 0.15) is 6.29 Å². The number of para-hydroxylation sites is 1. The van der Waals surface area contributed by atoms with Crippen LogP contribution < -0.4 is 10.3 Å². The standard InChI is InChI=1S/C8H7NO.C8H16O/c1-2-4-8-7(3-1)5-6-9-10-8;1-2-3-4-5-6-7-8-9/h1-6,9H;8H,2-7H2,1H3. The van der Waals surface area contributed by atoms with E-state index in [1.807, 2.05) is 30.3 Å². The van der Waals surface area contributed by atoms with Gasteiger partial charge in [0.15, 0.2) is 5.75 Å². The first-order valence-electron chi connectivity index (χ1n) is 7.00. The van der Waals surface area contributed by atoms with Gasteiger partial charge in [0.05, 0.1) is 0 Å². The maximum absolute atomic E-state index is 9.84. The second-order valence-electron chi connectivity index (χ2n) is 4.46. The third kappa shape index (κ3) is 6.65. The molecule has 1 heterocycles. The second-order valence-corrected chi connectivity index (χ2v) is 4.46. The fraction of sp³-hybridized carbons (Fsp3) is 0.438. The average Bonchev–Trinajstić information content (AvgIpc) is 2.48. The molecule has 1 aromatic carbocycles. The van der Waals surface area contributed by atoms with Crippen LogP contribution >= 0.6 is 0 Å². The van der Waals surface area contributed by atoms with E-state index < -0.39 is 0 Å². The van der Waals surface area contributed by atoms with Crippen molar-refractivity contribution in [2.24, 2.45) is 0 Å². The zero-order valence-corrected chi connectivity index (χ0v) is 11.6. The summed E-state index contributed by atoms with van der Waals surface area (Å²) in [6.07, 6.45) is 11.7. The van der Waals surface area contributed by atoms with Crippen molar-refractivity contribution < 1.29 is 9.63 Å². The van der Waals surface area contributed by atoms with Crippen LogP contribution in [0.3, 0.4) is 0 Å². The molecule has 0 fully saturated rings. The van der Waals surface area contributed by atoms with E-state index in [1.54, 1.807) is 6.20 Å². The highest BCUT2D eigenvalue weighted by Crippen LogP contribution is 2.20. The molecule has 0 amide bonds. The Morgan fingerprint density at radius 2 is 1.95 bits per heavy atom. The lowest BCUT2D eigenvalue weighted by molar-refractivity contribution is -0.107. The number of carbonyl (C=O) groups is 1. The highest BCUT2D eigenvalue weighted by molar-refractivity contribution is 5.57. The van der Waals surface area contributed by atoms with Crippen molar-refractivity contribution in [1.82, 2.24) is 5.48 Å². The maximum atomic E-state index is 9.84. The molecule has 1 aliphatic heterocycles. The van der Waals surface area contributed by atoms with E-state index in [9.17, 15) is 4.79 Å². The quantitative estimate of drug-likeness (QED) is 0.619. The monoisotopic (exact) mass is 261 g/mol. The normalized spacial score (nSPS) is 11.4. The van der Waals surface area contributed by atoms with Crippen LogP contribution in [0.1, 0.15) is 51.0 Å². The number of carbonyl (C=O) groups excluding carboxylic acids is 1. The SMILES string of the molecule is C1=Cc2ccccc2ON1.CCCCCCCC=O. The van der Waals surface area contributed by atoms with E-state index >= 15 is 0 Å². The smallest absolute Gasteiger partial charge is 0.162 e. The number of unbranched alkanes of at least 4 members (excludes halogenated alkanes) is 5. The molecule has 3 nitrogen and oxygen atoms in total. The van der Waals surface area contributed by atoms with Crippen molar-refractivity contribution in [2.45, 2.75) is 45.4 Å². The molecule has 0 bridgehead atoms. The Bertz CT molecular complexity index is 388. The summed E-state index contributed by atoms with van der Waals surface area (Å²) >= 11 is 0. The lowest BCUT2D eigenvalue weighted by Crippen LogP contribution is -2.13. The number of hydrogen-bond donors (Lipinski definition) is 1. The highest BCUT2D eigenvalue weighted by atomic mass is 16.6. The van der Waals surface area contributed by atoms with Crippen LogP contribution in [0.5, 0.6) is 5.75 Å². The van der Waals surface area contributed by atoms with Gasteiger partial charge in [-0.2, -0.15) is 0 Å². The number of benzene rings is 1. The van der Waals surface area contributed by atoms with Gasteiger partial charge in [0, 0.05) is 18.2 Å². The van der Waals surface area contributed by atoms with Crippen molar-refractivity contribution in [3.8, 4) is 5.75 Å². The molecule has 1 N–H and O–H groups in total. The summed E-state index contributed by atoms with van der Waals surface area (Å²) in [4.78, 5) is 14.9. The predicted octanol–water partition coefficient (Wildman–Crippen LogP) is 4.10. The van der Waals surface area contributed by atoms with Gasteiger partial charge in [-0.1, -0.05) is 50.8 Å². The summed E-state index contributed by atoms with van der Waals surface area (Å²) in [7, 11) is 0. The number of hydrogen-bond acceptors (Lipinski definition) is 3. The number of hydroxylamine groups is 1. The number of fused-ring (bicyclic) bond motifs is 1. The molecule has 0 aliphatic carbocycles. The zero-order chi connectivity index (χ0) is 13.8. The Hall–Kier alpha value is -1.77. The topological polar surface area (TPSA) is 38.3 Å². The minimum atomic E-state index is 0.754. The van der Waals surface area contributed by atoms with Crippen LogP contribution in [0.4, 0.5) is 0 Å². The van der Waals surface area contributed by atoms with Crippen molar-refractivity contribution in [3.63, 3.8) is 0 Å². The molecule has 3 heteroatoms. The van der Waals surface area contributed by atoms with Gasteiger partial charge >= 0.3 is 0 Å². The molecule has 0 aromatic heterocycles. The molecule has 19 heavy (non-hydrogen) atoms. The van der Waals surface area contributed by atoms with Gasteiger partial charge in [-0.3, -0.25) is 0 Å². The van der Waals surface area contributed by atoms with Crippen LogP contribution in [-0.4, -0.2) is 6.29 Å². The summed E-state index contributed by atoms with van der Waals surface area (Å²) in [6, 6.07) is 7.86. The van der Waals surface area contributed by atoms with Crippen molar-refractivity contribution in [1.29, 1.82) is 0 Å². The van der Waals surface area contributed by atoms with E-state index in [4.69, 9.17) is 4.84 Å². The molecule has 0 saturated carbocycles. The van der Waals surface area contributed by atoms with Crippen molar-refractivity contribution in [3.05, 3.63) is 36.0 Å². The van der Waals surface area contributed by atoms with E-state index in [2.05, 4.69) is 12.4 Å². The van der Waals surface area contributed by atoms with Gasteiger partial charge in [-0.25, -0.2) is 5.48 Å². The van der Waals surface area contributed by atoms with Gasteiger partial charge in [0.2, 0.25) is 0 Å². The largest absolute Gasteiger partial charge is 0.382 e. The zero-order valence-electron chi connectivity index (χ0n) is 11.6. The molecule has 0 radical (unpaired) electrons. The van der Waals surface area contributed by atoms with Gasteiger partial charge < -0.3 is 9.63 Å². The molecule has 0 atom stereocenters. The molecular formula is C16H23NO2. The van der Waals surface area contributed by atoms with Gasteiger partial charge in [-0.15, -0.1) is 0 Å². The first-order valence-corrected chi connectivity index (χ1v) is 7.00. The van der Waals surface area contributed by atoms with Crippen LogP contribution in [-0.2, 0) is 4.79 Å².